The van der Waals surface area contributed by atoms with Crippen LogP contribution < -0.4 is 10.1 Å². The van der Waals surface area contributed by atoms with Crippen molar-refractivity contribution in [1.82, 2.24) is 5.32 Å². The predicted octanol–water partition coefficient (Wildman–Crippen LogP) is 3.77. The molecular weight excluding hydrogens is 318 g/mol. The third-order valence-corrected chi connectivity index (χ3v) is 5.15. The highest BCUT2D eigenvalue weighted by Crippen LogP contribution is 2.33. The summed E-state index contributed by atoms with van der Waals surface area (Å²) < 4.78 is 5.11. The van der Waals surface area contributed by atoms with Gasteiger partial charge in [-0.05, 0) is 43.0 Å². The monoisotopic (exact) mass is 339 g/mol. The second kappa shape index (κ2) is 6.61. The number of methoxy groups -OCH3 is 1. The molecule has 1 aromatic rings. The molecule has 1 aliphatic carbocycles. The van der Waals surface area contributed by atoms with E-state index in [0.29, 0.717) is 11.5 Å². The van der Waals surface area contributed by atoms with E-state index < -0.39 is 0 Å². The first-order valence-corrected chi connectivity index (χ1v) is 8.23. The van der Waals surface area contributed by atoms with Crippen molar-refractivity contribution in [3.8, 4) is 5.75 Å². The van der Waals surface area contributed by atoms with Crippen LogP contribution in [0.1, 0.15) is 43.0 Å². The van der Waals surface area contributed by atoms with Crippen molar-refractivity contribution in [3.63, 3.8) is 0 Å². The molecule has 20 heavy (non-hydrogen) atoms. The number of hydrogen-bond donors (Lipinski definition) is 1. The lowest BCUT2D eigenvalue weighted by Gasteiger charge is -2.39. The Kier molecular flexibility index (Phi) is 5.08. The third-order valence-electron chi connectivity index (χ3n) is 4.08. The zero-order chi connectivity index (χ0) is 14.6. The lowest BCUT2D eigenvalue weighted by Crippen LogP contribution is -2.52. The molecule has 2 atom stereocenters. The molecule has 0 saturated heterocycles. The van der Waals surface area contributed by atoms with Crippen LogP contribution in [-0.2, 0) is 0 Å². The highest BCUT2D eigenvalue weighted by molar-refractivity contribution is 9.09. The van der Waals surface area contributed by atoms with Crippen LogP contribution in [0.25, 0.3) is 0 Å². The molecule has 2 unspecified atom stereocenters. The van der Waals surface area contributed by atoms with E-state index in [9.17, 15) is 4.79 Å². The fraction of sp³-hybridized carbons (Fsp3) is 0.562. The second-order valence-electron chi connectivity index (χ2n) is 5.80. The van der Waals surface area contributed by atoms with Gasteiger partial charge in [-0.15, -0.1) is 0 Å². The Labute approximate surface area is 129 Å². The van der Waals surface area contributed by atoms with Crippen LogP contribution >= 0.6 is 15.9 Å². The quantitative estimate of drug-likeness (QED) is 0.848. The van der Waals surface area contributed by atoms with Crippen molar-refractivity contribution in [3.05, 3.63) is 29.8 Å². The van der Waals surface area contributed by atoms with Gasteiger partial charge in [-0.25, -0.2) is 0 Å². The maximum Gasteiger partial charge on any atom is 0.251 e. The van der Waals surface area contributed by atoms with Crippen LogP contribution in [0.3, 0.4) is 0 Å². The van der Waals surface area contributed by atoms with Crippen molar-refractivity contribution in [1.29, 1.82) is 0 Å². The van der Waals surface area contributed by atoms with Gasteiger partial charge in [0.05, 0.1) is 12.6 Å². The molecule has 0 aromatic heterocycles. The van der Waals surface area contributed by atoms with Gasteiger partial charge < -0.3 is 10.1 Å². The SMILES string of the molecule is COc1ccc(C(=O)NC2(CBr)CCCC(C)C2)cc1. The number of amides is 1. The average Bonchev–Trinajstić information content (AvgIpc) is 2.47. The molecule has 1 saturated carbocycles. The minimum absolute atomic E-state index is 0.00111. The van der Waals surface area contributed by atoms with Gasteiger partial charge in [0.1, 0.15) is 5.75 Å². The number of carbonyl (C=O) groups excluding carboxylic acids is 1. The summed E-state index contributed by atoms with van der Waals surface area (Å²) in [6.07, 6.45) is 4.52. The Bertz CT molecular complexity index is 460. The summed E-state index contributed by atoms with van der Waals surface area (Å²) in [6, 6.07) is 7.25. The van der Waals surface area contributed by atoms with Crippen LogP contribution in [0, 0.1) is 5.92 Å². The lowest BCUT2D eigenvalue weighted by molar-refractivity contribution is 0.0869. The van der Waals surface area contributed by atoms with Crippen molar-refractivity contribution in [2.45, 2.75) is 38.1 Å². The molecule has 0 bridgehead atoms. The first-order chi connectivity index (χ1) is 9.58. The van der Waals surface area contributed by atoms with Gasteiger partial charge in [0.15, 0.2) is 0 Å². The van der Waals surface area contributed by atoms with E-state index in [0.717, 1.165) is 23.9 Å². The number of carbonyl (C=O) groups is 1. The first kappa shape index (κ1) is 15.4. The Hall–Kier alpha value is -1.03. The molecule has 4 heteroatoms. The molecule has 1 aliphatic rings. The van der Waals surface area contributed by atoms with Crippen LogP contribution in [0.5, 0.6) is 5.75 Å². The fourth-order valence-electron chi connectivity index (χ4n) is 2.98. The van der Waals surface area contributed by atoms with E-state index in [2.05, 4.69) is 28.2 Å². The largest absolute Gasteiger partial charge is 0.497 e. The molecular formula is C16H22BrNO2. The summed E-state index contributed by atoms with van der Waals surface area (Å²) in [6.45, 7) is 2.26. The minimum atomic E-state index is -0.103. The first-order valence-electron chi connectivity index (χ1n) is 7.11. The normalized spacial score (nSPS) is 26.1. The molecule has 110 valence electrons. The Morgan fingerprint density at radius 1 is 1.45 bits per heavy atom. The Morgan fingerprint density at radius 2 is 2.15 bits per heavy atom. The van der Waals surface area contributed by atoms with Crippen LogP contribution in [-0.4, -0.2) is 23.9 Å². The van der Waals surface area contributed by atoms with Gasteiger partial charge in [-0.2, -0.15) is 0 Å². The minimum Gasteiger partial charge on any atom is -0.497 e. The van der Waals surface area contributed by atoms with Crippen molar-refractivity contribution >= 4 is 21.8 Å². The molecule has 0 spiro atoms. The molecule has 1 N–H and O–H groups in total. The zero-order valence-electron chi connectivity index (χ0n) is 12.1. The van der Waals surface area contributed by atoms with Gasteiger partial charge in [0.25, 0.3) is 5.91 Å². The number of halogens is 1. The van der Waals surface area contributed by atoms with Gasteiger partial charge in [0, 0.05) is 10.9 Å². The van der Waals surface area contributed by atoms with Gasteiger partial charge in [0.2, 0.25) is 0 Å². The summed E-state index contributed by atoms with van der Waals surface area (Å²) in [5, 5.41) is 4.05. The number of hydrogen-bond acceptors (Lipinski definition) is 2. The van der Waals surface area contributed by atoms with Crippen LogP contribution in [0.2, 0.25) is 0 Å². The summed E-state index contributed by atoms with van der Waals surface area (Å²) in [5.74, 6) is 1.43. The highest BCUT2D eigenvalue weighted by atomic mass is 79.9. The van der Waals surface area contributed by atoms with E-state index in [-0.39, 0.29) is 11.4 Å². The van der Waals surface area contributed by atoms with E-state index in [4.69, 9.17) is 4.74 Å². The summed E-state index contributed by atoms with van der Waals surface area (Å²) in [4.78, 5) is 12.4. The van der Waals surface area contributed by atoms with Crippen molar-refractivity contribution in [2.24, 2.45) is 5.92 Å². The molecule has 1 amide bonds. The summed E-state index contributed by atoms with van der Waals surface area (Å²) >= 11 is 3.58. The number of benzene rings is 1. The molecule has 0 aliphatic heterocycles. The number of alkyl halides is 1. The van der Waals surface area contributed by atoms with Gasteiger partial charge >= 0.3 is 0 Å². The number of ether oxygens (including phenoxy) is 1. The Morgan fingerprint density at radius 3 is 2.70 bits per heavy atom. The summed E-state index contributed by atoms with van der Waals surface area (Å²) in [7, 11) is 1.62. The topological polar surface area (TPSA) is 38.3 Å². The van der Waals surface area contributed by atoms with Crippen molar-refractivity contribution < 1.29 is 9.53 Å². The number of rotatable bonds is 4. The molecule has 1 aromatic carbocycles. The summed E-state index contributed by atoms with van der Waals surface area (Å²) in [5.41, 5.74) is 0.582. The smallest absolute Gasteiger partial charge is 0.251 e. The van der Waals surface area contributed by atoms with E-state index in [1.807, 2.05) is 24.3 Å². The maximum absolute atomic E-state index is 12.4. The molecule has 2 rings (SSSR count). The van der Waals surface area contributed by atoms with E-state index >= 15 is 0 Å². The maximum atomic E-state index is 12.4. The Balaban J connectivity index is 2.08. The molecule has 3 nitrogen and oxygen atoms in total. The lowest BCUT2D eigenvalue weighted by atomic mass is 9.77. The van der Waals surface area contributed by atoms with Gasteiger partial charge in [-0.3, -0.25) is 4.79 Å². The molecule has 0 heterocycles. The van der Waals surface area contributed by atoms with Crippen molar-refractivity contribution in [2.75, 3.05) is 12.4 Å². The molecule has 0 radical (unpaired) electrons. The zero-order valence-corrected chi connectivity index (χ0v) is 13.7. The number of nitrogens with one attached hydrogen (secondary N) is 1. The van der Waals surface area contributed by atoms with Crippen LogP contribution in [0.4, 0.5) is 0 Å². The standard InChI is InChI=1S/C16H22BrNO2/c1-12-4-3-9-16(10-12,11-17)18-15(19)13-5-7-14(20-2)8-6-13/h5-8,12H,3-4,9-11H2,1-2H3,(H,18,19). The average molecular weight is 340 g/mol. The van der Waals surface area contributed by atoms with E-state index in [1.54, 1.807) is 7.11 Å². The fourth-order valence-corrected chi connectivity index (χ4v) is 3.63. The van der Waals surface area contributed by atoms with Crippen LogP contribution in [0.15, 0.2) is 24.3 Å². The predicted molar refractivity (Wildman–Crippen MR) is 84.6 cm³/mol. The van der Waals surface area contributed by atoms with E-state index in [1.165, 1.54) is 12.8 Å². The third kappa shape index (κ3) is 3.54. The second-order valence-corrected chi connectivity index (χ2v) is 6.36. The molecule has 1 fully saturated rings. The highest BCUT2D eigenvalue weighted by Gasteiger charge is 2.35. The van der Waals surface area contributed by atoms with Gasteiger partial charge in [-0.1, -0.05) is 35.7 Å².